The molecule has 0 unspecified atom stereocenters. The van der Waals surface area contributed by atoms with E-state index >= 15 is 0 Å². The number of nitrogens with zero attached hydrogens (tertiary/aromatic N) is 2. The van der Waals surface area contributed by atoms with Crippen LogP contribution in [0.25, 0.3) is 0 Å². The molecule has 2 aromatic rings. The highest BCUT2D eigenvalue weighted by Gasteiger charge is 2.32. The van der Waals surface area contributed by atoms with Gasteiger partial charge in [0.1, 0.15) is 5.69 Å². The molecule has 0 atom stereocenters. The Hall–Kier alpha value is -1.60. The van der Waals surface area contributed by atoms with Gasteiger partial charge in [0.2, 0.25) is 0 Å². The van der Waals surface area contributed by atoms with Crippen LogP contribution >= 0.6 is 22.9 Å². The minimum atomic E-state index is -4.50. The number of alkyl halides is 3. The molecule has 0 aliphatic carbocycles. The van der Waals surface area contributed by atoms with Gasteiger partial charge in [-0.25, -0.2) is 0 Å². The molecule has 0 saturated carbocycles. The Morgan fingerprint density at radius 3 is 2.77 bits per heavy atom. The number of hydrogen-bond donors (Lipinski definition) is 0. The monoisotopic (exact) mass is 346 g/mol. The van der Waals surface area contributed by atoms with Crippen LogP contribution in [0.3, 0.4) is 0 Å². The van der Waals surface area contributed by atoms with Crippen molar-refractivity contribution >= 4 is 28.8 Å². The second-order valence-corrected chi connectivity index (χ2v) is 6.67. The molecule has 8 heteroatoms. The Balaban J connectivity index is 1.77. The topological polar surface area (TPSA) is 33.2 Å². The molecular formula is C14H10ClF3N2OS. The maximum absolute atomic E-state index is 12.5. The summed E-state index contributed by atoms with van der Waals surface area (Å²) in [6.07, 6.45) is -2.83. The lowest BCUT2D eigenvalue weighted by Gasteiger charge is -2.27. The minimum Gasteiger partial charge on any atom is -0.334 e. The molecule has 116 valence electrons. The van der Waals surface area contributed by atoms with Crippen molar-refractivity contribution in [2.24, 2.45) is 0 Å². The van der Waals surface area contributed by atoms with Gasteiger partial charge in [0.15, 0.2) is 0 Å². The number of aromatic nitrogens is 1. The average Bonchev–Trinajstić information content (AvgIpc) is 2.84. The standard InChI is InChI=1S/C14H10ClF3N2OS/c15-12-5-9-7-20(4-3-10(9)22-12)13(21)8-1-2-11(19-6-8)14(16,17)18/h1-2,5-6H,3-4,7H2. The highest BCUT2D eigenvalue weighted by atomic mass is 35.5. The van der Waals surface area contributed by atoms with Gasteiger partial charge < -0.3 is 4.90 Å². The van der Waals surface area contributed by atoms with E-state index < -0.39 is 11.9 Å². The number of pyridine rings is 1. The summed E-state index contributed by atoms with van der Waals surface area (Å²) in [4.78, 5) is 18.4. The molecule has 0 saturated heterocycles. The Morgan fingerprint density at radius 1 is 1.36 bits per heavy atom. The predicted octanol–water partition coefficient (Wildman–Crippen LogP) is 4.01. The van der Waals surface area contributed by atoms with Gasteiger partial charge in [0.25, 0.3) is 5.91 Å². The van der Waals surface area contributed by atoms with E-state index in [1.54, 1.807) is 4.90 Å². The normalized spacial score (nSPS) is 14.8. The molecule has 3 nitrogen and oxygen atoms in total. The first-order valence-corrected chi connectivity index (χ1v) is 7.63. The zero-order valence-corrected chi connectivity index (χ0v) is 12.7. The van der Waals surface area contributed by atoms with Crippen LogP contribution in [0.5, 0.6) is 0 Å². The molecule has 3 rings (SSSR count). The SMILES string of the molecule is O=C(c1ccc(C(F)(F)F)nc1)N1CCc2sc(Cl)cc2C1. The number of amides is 1. The summed E-state index contributed by atoms with van der Waals surface area (Å²) in [7, 11) is 0. The molecule has 1 amide bonds. The van der Waals surface area contributed by atoms with Gasteiger partial charge in [-0.1, -0.05) is 11.6 Å². The van der Waals surface area contributed by atoms with E-state index in [1.807, 2.05) is 6.07 Å². The second kappa shape index (κ2) is 5.55. The molecule has 0 N–H and O–H groups in total. The van der Waals surface area contributed by atoms with Crippen molar-refractivity contribution in [3.8, 4) is 0 Å². The largest absolute Gasteiger partial charge is 0.433 e. The molecule has 0 spiro atoms. The van der Waals surface area contributed by atoms with E-state index in [2.05, 4.69) is 4.98 Å². The van der Waals surface area contributed by atoms with Crippen LogP contribution in [-0.4, -0.2) is 22.3 Å². The smallest absolute Gasteiger partial charge is 0.334 e. The van der Waals surface area contributed by atoms with Crippen molar-refractivity contribution in [1.82, 2.24) is 9.88 Å². The summed E-state index contributed by atoms with van der Waals surface area (Å²) in [5.41, 5.74) is 0.141. The summed E-state index contributed by atoms with van der Waals surface area (Å²) in [6.45, 7) is 0.933. The Morgan fingerprint density at radius 2 is 2.14 bits per heavy atom. The first-order valence-electron chi connectivity index (χ1n) is 6.44. The lowest BCUT2D eigenvalue weighted by atomic mass is 10.1. The van der Waals surface area contributed by atoms with Crippen molar-refractivity contribution in [1.29, 1.82) is 0 Å². The van der Waals surface area contributed by atoms with E-state index in [9.17, 15) is 18.0 Å². The number of carbonyl (C=O) groups excluding carboxylic acids is 1. The highest BCUT2D eigenvalue weighted by Crippen LogP contribution is 2.32. The van der Waals surface area contributed by atoms with E-state index in [4.69, 9.17) is 11.6 Å². The molecule has 0 radical (unpaired) electrons. The molecule has 0 fully saturated rings. The average molecular weight is 347 g/mol. The van der Waals surface area contributed by atoms with Gasteiger partial charge in [0.05, 0.1) is 9.90 Å². The van der Waals surface area contributed by atoms with Crippen LogP contribution in [0.4, 0.5) is 13.2 Å². The highest BCUT2D eigenvalue weighted by molar-refractivity contribution is 7.16. The second-order valence-electron chi connectivity index (χ2n) is 4.91. The first kappa shape index (κ1) is 15.3. The minimum absolute atomic E-state index is 0.151. The molecule has 1 aliphatic heterocycles. The Kier molecular flexibility index (Phi) is 3.86. The van der Waals surface area contributed by atoms with Gasteiger partial charge in [-0.05, 0) is 30.2 Å². The van der Waals surface area contributed by atoms with Crippen LogP contribution in [0.15, 0.2) is 24.4 Å². The number of halogens is 4. The molecule has 3 heterocycles. The molecule has 0 aromatic carbocycles. The third-order valence-electron chi connectivity index (χ3n) is 3.42. The van der Waals surface area contributed by atoms with Crippen molar-refractivity contribution < 1.29 is 18.0 Å². The van der Waals surface area contributed by atoms with Crippen LogP contribution in [0, 0.1) is 0 Å². The summed E-state index contributed by atoms with van der Waals surface area (Å²) in [6, 6.07) is 3.81. The van der Waals surface area contributed by atoms with Crippen molar-refractivity contribution in [3.63, 3.8) is 0 Å². The molecule has 2 aromatic heterocycles. The van der Waals surface area contributed by atoms with Crippen molar-refractivity contribution in [2.45, 2.75) is 19.1 Å². The fourth-order valence-corrected chi connectivity index (χ4v) is 3.64. The Bertz CT molecular complexity index is 712. The van der Waals surface area contributed by atoms with E-state index in [-0.39, 0.29) is 11.5 Å². The van der Waals surface area contributed by atoms with Gasteiger partial charge in [0, 0.05) is 24.2 Å². The molecule has 22 heavy (non-hydrogen) atoms. The van der Waals surface area contributed by atoms with Crippen LogP contribution < -0.4 is 0 Å². The lowest BCUT2D eigenvalue weighted by molar-refractivity contribution is -0.141. The number of hydrogen-bond acceptors (Lipinski definition) is 3. The zero-order valence-electron chi connectivity index (χ0n) is 11.2. The first-order chi connectivity index (χ1) is 10.3. The molecule has 0 bridgehead atoms. The van der Waals surface area contributed by atoms with Crippen molar-refractivity contribution in [2.75, 3.05) is 6.54 Å². The fourth-order valence-electron chi connectivity index (χ4n) is 2.34. The zero-order chi connectivity index (χ0) is 15.9. The van der Waals surface area contributed by atoms with E-state index in [0.717, 1.165) is 28.8 Å². The summed E-state index contributed by atoms with van der Waals surface area (Å²) in [5.74, 6) is -0.325. The lowest BCUT2D eigenvalue weighted by Crippen LogP contribution is -2.35. The Labute approximate surface area is 133 Å². The summed E-state index contributed by atoms with van der Waals surface area (Å²) < 4.78 is 38.1. The molecule has 1 aliphatic rings. The predicted molar refractivity (Wildman–Crippen MR) is 77.0 cm³/mol. The third kappa shape index (κ3) is 2.96. The fraction of sp³-hybridized carbons (Fsp3) is 0.286. The van der Waals surface area contributed by atoms with Crippen molar-refractivity contribution in [3.05, 3.63) is 50.4 Å². The van der Waals surface area contributed by atoms with Gasteiger partial charge in [-0.3, -0.25) is 9.78 Å². The number of thiophene rings is 1. The van der Waals surface area contributed by atoms with Crippen LogP contribution in [0.2, 0.25) is 4.34 Å². The maximum Gasteiger partial charge on any atom is 0.433 e. The number of carbonyl (C=O) groups is 1. The van der Waals surface area contributed by atoms with Gasteiger partial charge >= 0.3 is 6.18 Å². The summed E-state index contributed by atoms with van der Waals surface area (Å²) in [5, 5.41) is 0. The van der Waals surface area contributed by atoms with E-state index in [0.29, 0.717) is 23.8 Å². The number of fused-ring (bicyclic) bond motifs is 1. The summed E-state index contributed by atoms with van der Waals surface area (Å²) >= 11 is 7.45. The van der Waals surface area contributed by atoms with Gasteiger partial charge in [-0.15, -0.1) is 11.3 Å². The van der Waals surface area contributed by atoms with Crippen LogP contribution in [0.1, 0.15) is 26.5 Å². The number of rotatable bonds is 1. The van der Waals surface area contributed by atoms with Gasteiger partial charge in [-0.2, -0.15) is 13.2 Å². The maximum atomic E-state index is 12.5. The third-order valence-corrected chi connectivity index (χ3v) is 4.79. The quantitative estimate of drug-likeness (QED) is 0.781. The molecular weight excluding hydrogens is 337 g/mol. The van der Waals surface area contributed by atoms with E-state index in [1.165, 1.54) is 11.3 Å². The van der Waals surface area contributed by atoms with Crippen LogP contribution in [-0.2, 0) is 19.1 Å².